The van der Waals surface area contributed by atoms with Gasteiger partial charge in [-0.05, 0) is 66.2 Å². The van der Waals surface area contributed by atoms with Gasteiger partial charge >= 0.3 is 5.97 Å². The molecule has 158 valence electrons. The van der Waals surface area contributed by atoms with Gasteiger partial charge in [-0.3, -0.25) is 4.79 Å². The molecule has 0 aliphatic rings. The number of carbonyl (C=O) groups is 2. The lowest BCUT2D eigenvalue weighted by Gasteiger charge is -2.09. The van der Waals surface area contributed by atoms with E-state index < -0.39 is 11.9 Å². The van der Waals surface area contributed by atoms with Crippen LogP contribution in [0.25, 0.3) is 0 Å². The quantitative estimate of drug-likeness (QED) is 0.225. The van der Waals surface area contributed by atoms with Crippen LogP contribution in [0, 0.1) is 0 Å². The molecular formula is C23H19BrN2O5. The summed E-state index contributed by atoms with van der Waals surface area (Å²) in [6.45, 7) is -0.206. The summed E-state index contributed by atoms with van der Waals surface area (Å²) in [6, 6.07) is 20.6. The van der Waals surface area contributed by atoms with E-state index in [1.807, 2.05) is 6.07 Å². The van der Waals surface area contributed by atoms with Crippen molar-refractivity contribution in [1.82, 2.24) is 5.43 Å². The highest BCUT2D eigenvalue weighted by molar-refractivity contribution is 9.10. The van der Waals surface area contributed by atoms with Gasteiger partial charge in [0, 0.05) is 4.47 Å². The Morgan fingerprint density at radius 1 is 0.968 bits per heavy atom. The Morgan fingerprint density at radius 2 is 1.65 bits per heavy atom. The second-order valence-electron chi connectivity index (χ2n) is 6.20. The van der Waals surface area contributed by atoms with Crippen LogP contribution in [0.2, 0.25) is 0 Å². The topological polar surface area (TPSA) is 86.2 Å². The number of carbonyl (C=O) groups excluding carboxylic acids is 2. The third kappa shape index (κ3) is 6.68. The minimum atomic E-state index is -0.448. The molecule has 3 aromatic rings. The van der Waals surface area contributed by atoms with Crippen molar-refractivity contribution in [2.45, 2.75) is 0 Å². The maximum absolute atomic E-state index is 12.1. The van der Waals surface area contributed by atoms with Crippen LogP contribution in [0.3, 0.4) is 0 Å². The van der Waals surface area contributed by atoms with E-state index in [1.165, 1.54) is 13.3 Å². The van der Waals surface area contributed by atoms with E-state index in [2.05, 4.69) is 26.5 Å². The molecular weight excluding hydrogens is 464 g/mol. The summed E-state index contributed by atoms with van der Waals surface area (Å²) in [5, 5.41) is 3.89. The summed E-state index contributed by atoms with van der Waals surface area (Å²) in [6.07, 6.45) is 1.47. The molecule has 0 aliphatic heterocycles. The molecule has 0 radical (unpaired) electrons. The first-order valence-electron chi connectivity index (χ1n) is 9.20. The number of halogens is 1. The lowest BCUT2D eigenvalue weighted by atomic mass is 10.2. The van der Waals surface area contributed by atoms with Crippen LogP contribution in [-0.4, -0.2) is 31.8 Å². The van der Waals surface area contributed by atoms with Gasteiger partial charge in [-0.25, -0.2) is 10.2 Å². The molecule has 0 heterocycles. The summed E-state index contributed by atoms with van der Waals surface area (Å²) in [7, 11) is 1.53. The number of amides is 1. The summed E-state index contributed by atoms with van der Waals surface area (Å²) >= 11 is 3.32. The number of esters is 1. The molecule has 7 nitrogen and oxygen atoms in total. The largest absolute Gasteiger partial charge is 0.493 e. The number of nitrogens with zero attached hydrogens (tertiary/aromatic N) is 1. The minimum Gasteiger partial charge on any atom is -0.493 e. The van der Waals surface area contributed by atoms with E-state index >= 15 is 0 Å². The van der Waals surface area contributed by atoms with E-state index in [0.717, 1.165) is 10.0 Å². The van der Waals surface area contributed by atoms with E-state index in [1.54, 1.807) is 66.7 Å². The molecule has 0 aliphatic carbocycles. The van der Waals surface area contributed by atoms with Crippen molar-refractivity contribution < 1.29 is 23.8 Å². The molecule has 0 saturated heterocycles. The average molecular weight is 483 g/mol. The summed E-state index contributed by atoms with van der Waals surface area (Å²) in [5.41, 5.74) is 3.56. The predicted octanol–water partition coefficient (Wildman–Crippen LogP) is 4.21. The highest BCUT2D eigenvalue weighted by Gasteiger charge is 2.08. The Bertz CT molecular complexity index is 1070. The fourth-order valence-electron chi connectivity index (χ4n) is 2.47. The van der Waals surface area contributed by atoms with Crippen molar-refractivity contribution >= 4 is 34.0 Å². The predicted molar refractivity (Wildman–Crippen MR) is 120 cm³/mol. The molecule has 8 heteroatoms. The molecule has 0 unspecified atom stereocenters. The number of hydrogen-bond donors (Lipinski definition) is 1. The van der Waals surface area contributed by atoms with Crippen LogP contribution >= 0.6 is 15.9 Å². The molecule has 0 aromatic heterocycles. The normalized spacial score (nSPS) is 10.5. The van der Waals surface area contributed by atoms with Gasteiger partial charge in [-0.2, -0.15) is 5.10 Å². The van der Waals surface area contributed by atoms with Crippen molar-refractivity contribution in [3.05, 3.63) is 88.4 Å². The fourth-order valence-corrected chi connectivity index (χ4v) is 2.73. The van der Waals surface area contributed by atoms with Crippen molar-refractivity contribution in [2.24, 2.45) is 5.10 Å². The molecule has 0 spiro atoms. The maximum atomic E-state index is 12.1. The van der Waals surface area contributed by atoms with E-state index in [-0.39, 0.29) is 6.61 Å². The molecule has 0 fully saturated rings. The molecule has 1 N–H and O–H groups in total. The monoisotopic (exact) mass is 482 g/mol. The van der Waals surface area contributed by atoms with Gasteiger partial charge in [0.1, 0.15) is 5.75 Å². The summed E-state index contributed by atoms with van der Waals surface area (Å²) in [5.74, 6) is 0.551. The molecule has 0 atom stereocenters. The molecule has 3 rings (SSSR count). The van der Waals surface area contributed by atoms with Crippen LogP contribution in [0.1, 0.15) is 15.9 Å². The van der Waals surface area contributed by atoms with Crippen LogP contribution < -0.4 is 19.6 Å². The SMILES string of the molecule is COc1ccccc1OCC(=O)N/N=C/c1ccc(OC(=O)c2ccc(Br)cc2)cc1. The Balaban J connectivity index is 1.47. The molecule has 1 amide bonds. The standard InChI is InChI=1S/C23H19BrN2O5/c1-29-20-4-2-3-5-21(20)30-15-22(27)26-25-14-16-6-12-19(13-7-16)31-23(28)17-8-10-18(24)11-9-17/h2-14H,15H2,1H3,(H,26,27)/b25-14+. The summed E-state index contributed by atoms with van der Waals surface area (Å²) < 4.78 is 16.8. The fraction of sp³-hybridized carbons (Fsp3) is 0.0870. The smallest absolute Gasteiger partial charge is 0.343 e. The van der Waals surface area contributed by atoms with E-state index in [0.29, 0.717) is 22.8 Å². The second kappa shape index (κ2) is 10.9. The maximum Gasteiger partial charge on any atom is 0.343 e. The average Bonchev–Trinajstić information content (AvgIpc) is 2.79. The minimum absolute atomic E-state index is 0.206. The zero-order chi connectivity index (χ0) is 22.1. The van der Waals surface area contributed by atoms with Crippen molar-refractivity contribution in [1.29, 1.82) is 0 Å². The first kappa shape index (κ1) is 22.0. The van der Waals surface area contributed by atoms with Crippen LogP contribution in [0.15, 0.2) is 82.4 Å². The van der Waals surface area contributed by atoms with Crippen LogP contribution in [-0.2, 0) is 4.79 Å². The lowest BCUT2D eigenvalue weighted by Crippen LogP contribution is -2.24. The number of ether oxygens (including phenoxy) is 3. The number of nitrogens with one attached hydrogen (secondary N) is 1. The van der Waals surface area contributed by atoms with Gasteiger partial charge in [0.2, 0.25) is 0 Å². The third-order valence-electron chi connectivity index (χ3n) is 4.00. The number of methoxy groups -OCH3 is 1. The van der Waals surface area contributed by atoms with Crippen LogP contribution in [0.5, 0.6) is 17.2 Å². The van der Waals surface area contributed by atoms with Gasteiger partial charge in [0.15, 0.2) is 18.1 Å². The highest BCUT2D eigenvalue weighted by atomic mass is 79.9. The molecule has 31 heavy (non-hydrogen) atoms. The number of rotatable bonds is 8. The second-order valence-corrected chi connectivity index (χ2v) is 7.11. The van der Waals surface area contributed by atoms with Gasteiger partial charge in [-0.15, -0.1) is 0 Å². The Hall–Kier alpha value is -3.65. The molecule has 0 bridgehead atoms. The van der Waals surface area contributed by atoms with Crippen LogP contribution in [0.4, 0.5) is 0 Å². The number of benzene rings is 3. The lowest BCUT2D eigenvalue weighted by molar-refractivity contribution is -0.123. The zero-order valence-corrected chi connectivity index (χ0v) is 18.2. The van der Waals surface area contributed by atoms with Crippen molar-refractivity contribution in [3.8, 4) is 17.2 Å². The van der Waals surface area contributed by atoms with E-state index in [4.69, 9.17) is 14.2 Å². The Morgan fingerprint density at radius 3 is 2.32 bits per heavy atom. The van der Waals surface area contributed by atoms with Crippen molar-refractivity contribution in [2.75, 3.05) is 13.7 Å². The number of hydrazone groups is 1. The van der Waals surface area contributed by atoms with Gasteiger partial charge in [0.05, 0.1) is 18.9 Å². The van der Waals surface area contributed by atoms with Gasteiger partial charge in [-0.1, -0.05) is 28.1 Å². The Labute approximate surface area is 187 Å². The van der Waals surface area contributed by atoms with E-state index in [9.17, 15) is 9.59 Å². The third-order valence-corrected chi connectivity index (χ3v) is 4.53. The Kier molecular flexibility index (Phi) is 7.78. The van der Waals surface area contributed by atoms with Crippen molar-refractivity contribution in [3.63, 3.8) is 0 Å². The van der Waals surface area contributed by atoms with Gasteiger partial charge in [0.25, 0.3) is 5.91 Å². The van der Waals surface area contributed by atoms with Gasteiger partial charge < -0.3 is 14.2 Å². The zero-order valence-electron chi connectivity index (χ0n) is 16.6. The first-order chi connectivity index (χ1) is 15.0. The highest BCUT2D eigenvalue weighted by Crippen LogP contribution is 2.25. The number of para-hydroxylation sites is 2. The molecule has 0 saturated carbocycles. The number of hydrogen-bond acceptors (Lipinski definition) is 6. The summed E-state index contributed by atoms with van der Waals surface area (Å²) in [4.78, 5) is 24.0. The first-order valence-corrected chi connectivity index (χ1v) is 10.00. The molecule has 3 aromatic carbocycles.